The molecule has 0 N–H and O–H groups in total. The van der Waals surface area contributed by atoms with Crippen molar-refractivity contribution in [3.63, 3.8) is 0 Å². The van der Waals surface area contributed by atoms with Crippen molar-refractivity contribution in [3.05, 3.63) is 24.3 Å². The van der Waals surface area contributed by atoms with E-state index in [0.29, 0.717) is 19.0 Å². The molecule has 0 aromatic heterocycles. The number of benzene rings is 1. The summed E-state index contributed by atoms with van der Waals surface area (Å²) in [6.45, 7) is 3.00. The van der Waals surface area contributed by atoms with Gasteiger partial charge in [0.1, 0.15) is 0 Å². The van der Waals surface area contributed by atoms with Gasteiger partial charge in [-0.3, -0.25) is 0 Å². The van der Waals surface area contributed by atoms with Crippen molar-refractivity contribution < 1.29 is 16.8 Å². The van der Waals surface area contributed by atoms with Crippen molar-refractivity contribution >= 4 is 29.8 Å². The molecule has 0 spiro atoms. The van der Waals surface area contributed by atoms with Gasteiger partial charge in [0.25, 0.3) is 9.05 Å². The highest BCUT2D eigenvalue weighted by Crippen LogP contribution is 2.25. The first-order valence-electron chi connectivity index (χ1n) is 5.76. The molecule has 0 radical (unpaired) electrons. The van der Waals surface area contributed by atoms with Crippen molar-refractivity contribution in [1.82, 2.24) is 4.31 Å². The third kappa shape index (κ3) is 3.10. The Balaban J connectivity index is 2.32. The van der Waals surface area contributed by atoms with E-state index in [-0.39, 0.29) is 9.79 Å². The minimum Gasteiger partial charge on any atom is -0.207 e. The second-order valence-electron chi connectivity index (χ2n) is 4.67. The molecule has 5 nitrogen and oxygen atoms in total. The number of rotatable bonds is 3. The Bertz CT molecular complexity index is 667. The molecule has 1 atom stereocenters. The number of halogens is 1. The van der Waals surface area contributed by atoms with Crippen LogP contribution in [0.1, 0.15) is 13.3 Å². The lowest BCUT2D eigenvalue weighted by Gasteiger charge is -2.16. The summed E-state index contributed by atoms with van der Waals surface area (Å²) in [5.41, 5.74) is 0. The molecule has 1 saturated heterocycles. The van der Waals surface area contributed by atoms with Gasteiger partial charge in [-0.15, -0.1) is 0 Å². The summed E-state index contributed by atoms with van der Waals surface area (Å²) in [5.74, 6) is 0.345. The van der Waals surface area contributed by atoms with Gasteiger partial charge in [0.2, 0.25) is 10.0 Å². The average molecular weight is 324 g/mol. The summed E-state index contributed by atoms with van der Waals surface area (Å²) in [4.78, 5) is -0.0198. The fraction of sp³-hybridized carbons (Fsp3) is 0.455. The van der Waals surface area contributed by atoms with Crippen LogP contribution in [0.4, 0.5) is 0 Å². The lowest BCUT2D eigenvalue weighted by atomic mass is 10.2. The molecule has 1 aromatic carbocycles. The zero-order valence-corrected chi connectivity index (χ0v) is 12.7. The third-order valence-corrected chi connectivity index (χ3v) is 6.38. The van der Waals surface area contributed by atoms with Crippen LogP contribution in [-0.4, -0.2) is 34.2 Å². The highest BCUT2D eigenvalue weighted by molar-refractivity contribution is 8.13. The van der Waals surface area contributed by atoms with E-state index >= 15 is 0 Å². The zero-order chi connectivity index (χ0) is 14.3. The van der Waals surface area contributed by atoms with Gasteiger partial charge >= 0.3 is 0 Å². The molecule has 1 aromatic rings. The SMILES string of the molecule is CC1CCN(S(=O)(=O)c2ccc(S(=O)(=O)Cl)cc2)C1. The van der Waals surface area contributed by atoms with Gasteiger partial charge in [-0.2, -0.15) is 4.31 Å². The van der Waals surface area contributed by atoms with Crippen LogP contribution >= 0.6 is 10.7 Å². The maximum atomic E-state index is 12.3. The van der Waals surface area contributed by atoms with E-state index in [1.165, 1.54) is 28.6 Å². The summed E-state index contributed by atoms with van der Waals surface area (Å²) >= 11 is 0. The Morgan fingerprint density at radius 2 is 1.63 bits per heavy atom. The zero-order valence-electron chi connectivity index (χ0n) is 10.3. The van der Waals surface area contributed by atoms with Crippen molar-refractivity contribution in [2.24, 2.45) is 5.92 Å². The first-order valence-corrected chi connectivity index (χ1v) is 9.51. The van der Waals surface area contributed by atoms with Gasteiger partial charge in [-0.1, -0.05) is 6.92 Å². The molecule has 8 heteroatoms. The first-order chi connectivity index (χ1) is 8.71. The molecule has 19 heavy (non-hydrogen) atoms. The number of nitrogens with zero attached hydrogens (tertiary/aromatic N) is 1. The smallest absolute Gasteiger partial charge is 0.207 e. The van der Waals surface area contributed by atoms with E-state index in [0.717, 1.165) is 6.42 Å². The quantitative estimate of drug-likeness (QED) is 0.793. The van der Waals surface area contributed by atoms with E-state index < -0.39 is 19.1 Å². The van der Waals surface area contributed by atoms with E-state index in [1.807, 2.05) is 6.92 Å². The Labute approximate surface area is 117 Å². The monoisotopic (exact) mass is 323 g/mol. The predicted octanol–water partition coefficient (Wildman–Crippen LogP) is 1.64. The van der Waals surface area contributed by atoms with Gasteiger partial charge in [-0.25, -0.2) is 16.8 Å². The summed E-state index contributed by atoms with van der Waals surface area (Å²) in [5, 5.41) is 0. The molecule has 1 aliphatic rings. The van der Waals surface area contributed by atoms with Crippen molar-refractivity contribution in [2.75, 3.05) is 13.1 Å². The van der Waals surface area contributed by atoms with Crippen LogP contribution in [0.25, 0.3) is 0 Å². The van der Waals surface area contributed by atoms with Gasteiger partial charge < -0.3 is 0 Å². The molecule has 0 aliphatic carbocycles. The van der Waals surface area contributed by atoms with Crippen LogP contribution in [0.15, 0.2) is 34.1 Å². The summed E-state index contributed by atoms with van der Waals surface area (Å²) < 4.78 is 48.2. The fourth-order valence-corrected chi connectivity index (χ4v) is 4.38. The second kappa shape index (κ2) is 5.05. The van der Waals surface area contributed by atoms with Crippen LogP contribution in [0.2, 0.25) is 0 Å². The van der Waals surface area contributed by atoms with Crippen LogP contribution in [0.5, 0.6) is 0 Å². The maximum absolute atomic E-state index is 12.3. The minimum atomic E-state index is -3.83. The first kappa shape index (κ1) is 14.8. The van der Waals surface area contributed by atoms with Crippen molar-refractivity contribution in [3.8, 4) is 0 Å². The van der Waals surface area contributed by atoms with Crippen molar-refractivity contribution in [2.45, 2.75) is 23.1 Å². The van der Waals surface area contributed by atoms with E-state index in [4.69, 9.17) is 10.7 Å². The molecule has 0 amide bonds. The third-order valence-electron chi connectivity index (χ3n) is 3.13. The standard InChI is InChI=1S/C11H14ClNO4S2/c1-9-6-7-13(8-9)19(16,17)11-4-2-10(3-5-11)18(12,14)15/h2-5,9H,6-8H2,1H3. The topological polar surface area (TPSA) is 71.5 Å². The van der Waals surface area contributed by atoms with Gasteiger partial charge in [0.15, 0.2) is 0 Å². The molecule has 0 bridgehead atoms. The van der Waals surface area contributed by atoms with Gasteiger partial charge in [-0.05, 0) is 36.6 Å². The number of sulfonamides is 1. The highest BCUT2D eigenvalue weighted by atomic mass is 35.7. The molecule has 106 valence electrons. The van der Waals surface area contributed by atoms with E-state index in [9.17, 15) is 16.8 Å². The molecule has 1 aliphatic heterocycles. The summed E-state index contributed by atoms with van der Waals surface area (Å²) in [6, 6.07) is 4.95. The lowest BCUT2D eigenvalue weighted by molar-refractivity contribution is 0.464. The molecular weight excluding hydrogens is 310 g/mol. The summed E-state index contributed by atoms with van der Waals surface area (Å²) in [7, 11) is -2.18. The minimum absolute atomic E-state index is 0.0886. The van der Waals surface area contributed by atoms with Crippen LogP contribution in [-0.2, 0) is 19.1 Å². The van der Waals surface area contributed by atoms with E-state index in [2.05, 4.69) is 0 Å². The Kier molecular flexibility index (Phi) is 3.92. The number of hydrogen-bond acceptors (Lipinski definition) is 4. The van der Waals surface area contributed by atoms with Crippen LogP contribution < -0.4 is 0 Å². The van der Waals surface area contributed by atoms with E-state index in [1.54, 1.807) is 0 Å². The Morgan fingerprint density at radius 3 is 2.05 bits per heavy atom. The molecule has 2 rings (SSSR count). The largest absolute Gasteiger partial charge is 0.261 e. The summed E-state index contributed by atoms with van der Waals surface area (Å²) in [6.07, 6.45) is 0.841. The average Bonchev–Trinajstić information content (AvgIpc) is 2.76. The second-order valence-corrected chi connectivity index (χ2v) is 9.17. The normalized spacial score (nSPS) is 21.7. The molecular formula is C11H14ClNO4S2. The van der Waals surface area contributed by atoms with Crippen LogP contribution in [0.3, 0.4) is 0 Å². The Hall–Kier alpha value is -0.630. The molecule has 0 saturated carbocycles. The lowest BCUT2D eigenvalue weighted by Crippen LogP contribution is -2.28. The van der Waals surface area contributed by atoms with Gasteiger partial charge in [0, 0.05) is 23.8 Å². The molecule has 1 fully saturated rings. The predicted molar refractivity (Wildman–Crippen MR) is 72.0 cm³/mol. The van der Waals surface area contributed by atoms with Crippen molar-refractivity contribution in [1.29, 1.82) is 0 Å². The number of hydrogen-bond donors (Lipinski definition) is 0. The fourth-order valence-electron chi connectivity index (χ4n) is 2.04. The highest BCUT2D eigenvalue weighted by Gasteiger charge is 2.30. The maximum Gasteiger partial charge on any atom is 0.261 e. The molecule has 1 heterocycles. The van der Waals surface area contributed by atoms with Gasteiger partial charge in [0.05, 0.1) is 9.79 Å². The van der Waals surface area contributed by atoms with Crippen LogP contribution in [0, 0.1) is 5.92 Å². The molecule has 1 unspecified atom stereocenters. The Morgan fingerprint density at radius 1 is 1.11 bits per heavy atom.